The molecule has 118 valence electrons. The molecule has 1 aliphatic heterocycles. The first-order chi connectivity index (χ1) is 9.85. The van der Waals surface area contributed by atoms with Crippen LogP contribution in [0.15, 0.2) is 29.2 Å². The van der Waals surface area contributed by atoms with E-state index in [1.54, 1.807) is 12.1 Å². The lowest BCUT2D eigenvalue weighted by Crippen LogP contribution is -2.50. The molecular weight excluding hydrogens is 288 g/mol. The third-order valence-electron chi connectivity index (χ3n) is 3.53. The van der Waals surface area contributed by atoms with Gasteiger partial charge < -0.3 is 10.1 Å². The maximum absolute atomic E-state index is 12.7. The summed E-state index contributed by atoms with van der Waals surface area (Å²) in [6.45, 7) is 8.73. The Balaban J connectivity index is 2.15. The second kappa shape index (κ2) is 6.44. The molecule has 21 heavy (non-hydrogen) atoms. The lowest BCUT2D eigenvalue weighted by Gasteiger charge is -2.37. The highest BCUT2D eigenvalue weighted by Gasteiger charge is 2.34. The van der Waals surface area contributed by atoms with Crippen molar-refractivity contribution in [1.29, 1.82) is 0 Å². The highest BCUT2D eigenvalue weighted by Crippen LogP contribution is 2.23. The van der Waals surface area contributed by atoms with Gasteiger partial charge in [0.05, 0.1) is 17.1 Å². The molecule has 2 rings (SSSR count). The van der Waals surface area contributed by atoms with Crippen LogP contribution in [0.5, 0.6) is 0 Å². The number of benzene rings is 1. The van der Waals surface area contributed by atoms with Crippen LogP contribution >= 0.6 is 0 Å². The molecule has 0 atom stereocenters. The maximum Gasteiger partial charge on any atom is 0.243 e. The van der Waals surface area contributed by atoms with Crippen LogP contribution in [-0.4, -0.2) is 44.6 Å². The van der Waals surface area contributed by atoms with Crippen molar-refractivity contribution in [1.82, 2.24) is 9.62 Å². The molecule has 0 spiro atoms. The lowest BCUT2D eigenvalue weighted by atomic mass is 10.1. The fourth-order valence-corrected chi connectivity index (χ4v) is 3.95. The van der Waals surface area contributed by atoms with E-state index in [1.165, 1.54) is 4.31 Å². The number of rotatable bonds is 5. The van der Waals surface area contributed by atoms with E-state index in [4.69, 9.17) is 4.74 Å². The number of nitrogens with one attached hydrogen (secondary N) is 1. The summed E-state index contributed by atoms with van der Waals surface area (Å²) in [7, 11) is -3.44. The summed E-state index contributed by atoms with van der Waals surface area (Å²) in [5, 5.41) is 3.22. The number of nitrogens with zero attached hydrogens (tertiary/aromatic N) is 1. The third-order valence-corrected chi connectivity index (χ3v) is 5.39. The predicted octanol–water partition coefficient (Wildman–Crippen LogP) is 1.60. The Morgan fingerprint density at radius 2 is 1.95 bits per heavy atom. The van der Waals surface area contributed by atoms with Crippen molar-refractivity contribution in [2.24, 2.45) is 0 Å². The van der Waals surface area contributed by atoms with E-state index in [0.29, 0.717) is 24.6 Å². The predicted molar refractivity (Wildman–Crippen MR) is 82.6 cm³/mol. The molecule has 5 nitrogen and oxygen atoms in total. The fraction of sp³-hybridized carbons (Fsp3) is 0.600. The van der Waals surface area contributed by atoms with Gasteiger partial charge in [0.25, 0.3) is 0 Å². The zero-order valence-corrected chi connectivity index (χ0v) is 13.7. The van der Waals surface area contributed by atoms with E-state index < -0.39 is 15.6 Å². The van der Waals surface area contributed by atoms with E-state index in [2.05, 4.69) is 5.32 Å². The van der Waals surface area contributed by atoms with E-state index >= 15 is 0 Å². The molecule has 1 N–H and O–H groups in total. The first-order valence-electron chi connectivity index (χ1n) is 7.29. The smallest absolute Gasteiger partial charge is 0.243 e. The van der Waals surface area contributed by atoms with E-state index in [0.717, 1.165) is 18.7 Å². The van der Waals surface area contributed by atoms with Crippen LogP contribution < -0.4 is 5.32 Å². The second-order valence-corrected chi connectivity index (χ2v) is 7.81. The summed E-state index contributed by atoms with van der Waals surface area (Å²) in [5.41, 5.74) is 0.647. The van der Waals surface area contributed by atoms with Crippen LogP contribution in [-0.2, 0) is 21.3 Å². The molecule has 0 aromatic heterocycles. The van der Waals surface area contributed by atoms with Crippen LogP contribution in [0, 0.1) is 0 Å². The Morgan fingerprint density at radius 3 is 2.52 bits per heavy atom. The van der Waals surface area contributed by atoms with Gasteiger partial charge in [0.15, 0.2) is 0 Å². The van der Waals surface area contributed by atoms with Gasteiger partial charge in [0, 0.05) is 19.6 Å². The molecule has 1 saturated heterocycles. The Labute approximate surface area is 127 Å². The van der Waals surface area contributed by atoms with Crippen LogP contribution in [0.1, 0.15) is 26.3 Å². The van der Waals surface area contributed by atoms with Crippen molar-refractivity contribution in [3.05, 3.63) is 29.8 Å². The highest BCUT2D eigenvalue weighted by molar-refractivity contribution is 7.89. The van der Waals surface area contributed by atoms with E-state index in [9.17, 15) is 8.42 Å². The van der Waals surface area contributed by atoms with E-state index in [1.807, 2.05) is 32.9 Å². The standard InChI is InChI=1S/C15H24N2O3S/c1-4-16-11-13-5-7-14(8-6-13)21(18,19)17-9-10-20-15(2,3)12-17/h5-8,16H,4,9-12H2,1-3H3. The highest BCUT2D eigenvalue weighted by atomic mass is 32.2. The van der Waals surface area contributed by atoms with Crippen molar-refractivity contribution in [3.63, 3.8) is 0 Å². The van der Waals surface area contributed by atoms with Gasteiger partial charge in [-0.15, -0.1) is 0 Å². The topological polar surface area (TPSA) is 58.6 Å². The molecular formula is C15H24N2O3S. The van der Waals surface area contributed by atoms with Crippen LogP contribution in [0.3, 0.4) is 0 Å². The summed E-state index contributed by atoms with van der Waals surface area (Å²) in [6, 6.07) is 7.09. The van der Waals surface area contributed by atoms with Crippen molar-refractivity contribution < 1.29 is 13.2 Å². The summed E-state index contributed by atoms with van der Waals surface area (Å²) in [6.07, 6.45) is 0. The molecule has 6 heteroatoms. The monoisotopic (exact) mass is 312 g/mol. The van der Waals surface area contributed by atoms with Gasteiger partial charge in [-0.3, -0.25) is 0 Å². The average Bonchev–Trinajstić information content (AvgIpc) is 2.44. The molecule has 0 amide bonds. The normalized spacial score (nSPS) is 19.6. The Bertz CT molecular complexity index is 567. The molecule has 0 unspecified atom stereocenters. The van der Waals surface area contributed by atoms with Gasteiger partial charge in [0.2, 0.25) is 10.0 Å². The zero-order chi connectivity index (χ0) is 15.5. The van der Waals surface area contributed by atoms with E-state index in [-0.39, 0.29) is 0 Å². The molecule has 0 aliphatic carbocycles. The molecule has 1 aromatic carbocycles. The Morgan fingerprint density at radius 1 is 1.29 bits per heavy atom. The largest absolute Gasteiger partial charge is 0.373 e. The summed E-state index contributed by atoms with van der Waals surface area (Å²) < 4.78 is 32.4. The third kappa shape index (κ3) is 4.03. The maximum atomic E-state index is 12.7. The molecule has 0 radical (unpaired) electrons. The van der Waals surface area contributed by atoms with Crippen molar-refractivity contribution in [2.45, 2.75) is 37.8 Å². The summed E-state index contributed by atoms with van der Waals surface area (Å²) in [4.78, 5) is 0.348. The number of ether oxygens (including phenoxy) is 1. The number of hydrogen-bond acceptors (Lipinski definition) is 4. The van der Waals surface area contributed by atoms with Crippen LogP contribution in [0.2, 0.25) is 0 Å². The summed E-state index contributed by atoms with van der Waals surface area (Å²) >= 11 is 0. The van der Waals surface area contributed by atoms with Crippen molar-refractivity contribution in [3.8, 4) is 0 Å². The number of sulfonamides is 1. The number of hydrogen-bond donors (Lipinski definition) is 1. The van der Waals surface area contributed by atoms with Gasteiger partial charge in [-0.2, -0.15) is 4.31 Å². The van der Waals surface area contributed by atoms with Crippen LogP contribution in [0.25, 0.3) is 0 Å². The molecule has 1 aliphatic rings. The molecule has 1 fully saturated rings. The van der Waals surface area contributed by atoms with Crippen molar-refractivity contribution >= 4 is 10.0 Å². The van der Waals surface area contributed by atoms with Gasteiger partial charge in [-0.25, -0.2) is 8.42 Å². The Hall–Kier alpha value is -0.950. The van der Waals surface area contributed by atoms with Crippen molar-refractivity contribution in [2.75, 3.05) is 26.2 Å². The van der Waals surface area contributed by atoms with Gasteiger partial charge in [-0.05, 0) is 38.1 Å². The minimum absolute atomic E-state index is 0.348. The second-order valence-electron chi connectivity index (χ2n) is 5.87. The van der Waals surface area contributed by atoms with Gasteiger partial charge in [-0.1, -0.05) is 19.1 Å². The first kappa shape index (κ1) is 16.4. The summed E-state index contributed by atoms with van der Waals surface area (Å²) in [5.74, 6) is 0. The quantitative estimate of drug-likeness (QED) is 0.897. The minimum atomic E-state index is -3.44. The first-order valence-corrected chi connectivity index (χ1v) is 8.73. The molecule has 0 saturated carbocycles. The van der Waals surface area contributed by atoms with Crippen LogP contribution in [0.4, 0.5) is 0 Å². The SMILES string of the molecule is CCNCc1ccc(S(=O)(=O)N2CCOC(C)(C)C2)cc1. The number of morpholine rings is 1. The zero-order valence-electron chi connectivity index (χ0n) is 12.9. The molecule has 0 bridgehead atoms. The lowest BCUT2D eigenvalue weighted by molar-refractivity contribution is -0.0640. The molecule has 1 aromatic rings. The van der Waals surface area contributed by atoms with Gasteiger partial charge >= 0.3 is 0 Å². The average molecular weight is 312 g/mol. The minimum Gasteiger partial charge on any atom is -0.373 e. The fourth-order valence-electron chi connectivity index (χ4n) is 2.38. The molecule has 1 heterocycles. The Kier molecular flexibility index (Phi) is 5.03. The van der Waals surface area contributed by atoms with Gasteiger partial charge in [0.1, 0.15) is 0 Å².